The third-order valence-corrected chi connectivity index (χ3v) is 6.18. The zero-order chi connectivity index (χ0) is 20.1. The minimum Gasteiger partial charge on any atom is -0.493 e. The number of hydrogen-bond donors (Lipinski definition) is 0. The Balaban J connectivity index is 2.12. The fraction of sp³-hybridized carbons (Fsp3) is 0.182. The van der Waals surface area contributed by atoms with Gasteiger partial charge < -0.3 is 9.47 Å². The van der Waals surface area contributed by atoms with E-state index in [1.165, 1.54) is 11.4 Å². The van der Waals surface area contributed by atoms with Crippen molar-refractivity contribution in [2.45, 2.75) is 18.4 Å². The molecule has 0 aromatic heterocycles. The topological polar surface area (TPSA) is 55.8 Å². The lowest BCUT2D eigenvalue weighted by Crippen LogP contribution is -2.30. The first-order valence-electron chi connectivity index (χ1n) is 8.81. The lowest BCUT2D eigenvalue weighted by atomic mass is 10.1. The van der Waals surface area contributed by atoms with E-state index in [1.54, 1.807) is 55.6 Å². The molecule has 6 heteroatoms. The largest absolute Gasteiger partial charge is 0.493 e. The summed E-state index contributed by atoms with van der Waals surface area (Å²) in [4.78, 5) is 0.234. The molecular formula is C22H23NO4S. The minimum atomic E-state index is -3.77. The normalized spacial score (nSPS) is 11.1. The molecule has 0 unspecified atom stereocenters. The van der Waals surface area contributed by atoms with Gasteiger partial charge in [-0.05, 0) is 36.8 Å². The highest BCUT2D eigenvalue weighted by Crippen LogP contribution is 2.34. The molecule has 0 atom stereocenters. The minimum absolute atomic E-state index is 0.203. The molecule has 0 saturated heterocycles. The maximum absolute atomic E-state index is 13.4. The standard InChI is InChI=1S/C22H23NO4S/c1-17-8-7-9-18(14-17)16-23(28(24,25)20-10-5-4-6-11-20)19-12-13-21(26-2)22(15-19)27-3/h4-15H,16H2,1-3H3. The Hall–Kier alpha value is -2.99. The van der Waals surface area contributed by atoms with Crippen molar-refractivity contribution < 1.29 is 17.9 Å². The SMILES string of the molecule is COc1ccc(N(Cc2cccc(C)c2)S(=O)(=O)c2ccccc2)cc1OC. The van der Waals surface area contributed by atoms with Crippen LogP contribution in [0.4, 0.5) is 5.69 Å². The molecule has 5 nitrogen and oxygen atoms in total. The lowest BCUT2D eigenvalue weighted by Gasteiger charge is -2.25. The Morgan fingerprint density at radius 3 is 2.18 bits per heavy atom. The van der Waals surface area contributed by atoms with E-state index in [1.807, 2.05) is 31.2 Å². The summed E-state index contributed by atoms with van der Waals surface area (Å²) in [5.74, 6) is 1.01. The zero-order valence-corrected chi connectivity index (χ0v) is 16.9. The van der Waals surface area contributed by atoms with Gasteiger partial charge in [0.05, 0.1) is 31.3 Å². The second-order valence-corrected chi connectivity index (χ2v) is 8.22. The van der Waals surface area contributed by atoms with Gasteiger partial charge in [0, 0.05) is 6.07 Å². The van der Waals surface area contributed by atoms with Gasteiger partial charge in [-0.25, -0.2) is 8.42 Å². The van der Waals surface area contributed by atoms with E-state index in [-0.39, 0.29) is 11.4 Å². The summed E-state index contributed by atoms with van der Waals surface area (Å²) in [6, 6.07) is 21.3. The van der Waals surface area contributed by atoms with Gasteiger partial charge in [0.25, 0.3) is 10.0 Å². The lowest BCUT2D eigenvalue weighted by molar-refractivity contribution is 0.355. The molecule has 28 heavy (non-hydrogen) atoms. The van der Waals surface area contributed by atoms with Gasteiger partial charge in [-0.1, -0.05) is 48.0 Å². The number of sulfonamides is 1. The number of rotatable bonds is 7. The molecule has 0 amide bonds. The van der Waals surface area contributed by atoms with E-state index in [0.29, 0.717) is 17.2 Å². The van der Waals surface area contributed by atoms with Crippen LogP contribution in [-0.2, 0) is 16.6 Å². The number of ether oxygens (including phenoxy) is 2. The van der Waals surface area contributed by atoms with E-state index in [9.17, 15) is 8.42 Å². The first-order chi connectivity index (χ1) is 13.5. The summed E-state index contributed by atoms with van der Waals surface area (Å²) in [6.07, 6.45) is 0. The Labute approximate surface area is 166 Å². The second kappa shape index (κ2) is 8.35. The quantitative estimate of drug-likeness (QED) is 0.593. The van der Waals surface area contributed by atoms with Crippen LogP contribution in [0.15, 0.2) is 77.7 Å². The monoisotopic (exact) mass is 397 g/mol. The Bertz CT molecular complexity index is 1050. The summed E-state index contributed by atoms with van der Waals surface area (Å²) in [6.45, 7) is 2.18. The first-order valence-corrected chi connectivity index (χ1v) is 10.2. The third-order valence-electron chi connectivity index (χ3n) is 4.39. The highest BCUT2D eigenvalue weighted by molar-refractivity contribution is 7.92. The summed E-state index contributed by atoms with van der Waals surface area (Å²) in [7, 11) is -0.702. The summed E-state index contributed by atoms with van der Waals surface area (Å²) in [5.41, 5.74) is 2.47. The second-order valence-electron chi connectivity index (χ2n) is 6.35. The summed E-state index contributed by atoms with van der Waals surface area (Å²) >= 11 is 0. The number of aryl methyl sites for hydroxylation is 1. The van der Waals surface area contributed by atoms with Crippen molar-refractivity contribution in [2.24, 2.45) is 0 Å². The molecular weight excluding hydrogens is 374 g/mol. The fourth-order valence-electron chi connectivity index (χ4n) is 2.99. The van der Waals surface area contributed by atoms with Crippen molar-refractivity contribution in [2.75, 3.05) is 18.5 Å². The fourth-order valence-corrected chi connectivity index (χ4v) is 4.46. The molecule has 0 aliphatic heterocycles. The summed E-state index contributed by atoms with van der Waals surface area (Å²) < 4.78 is 38.9. The van der Waals surface area contributed by atoms with Gasteiger partial charge in [0.1, 0.15) is 0 Å². The molecule has 3 aromatic carbocycles. The molecule has 0 heterocycles. The highest BCUT2D eigenvalue weighted by Gasteiger charge is 2.26. The van der Waals surface area contributed by atoms with Gasteiger partial charge in [-0.2, -0.15) is 0 Å². The van der Waals surface area contributed by atoms with Crippen LogP contribution in [0.25, 0.3) is 0 Å². The molecule has 3 aromatic rings. The number of methoxy groups -OCH3 is 2. The zero-order valence-electron chi connectivity index (χ0n) is 16.1. The maximum Gasteiger partial charge on any atom is 0.264 e. The van der Waals surface area contributed by atoms with Gasteiger partial charge in [-0.3, -0.25) is 4.31 Å². The van der Waals surface area contributed by atoms with E-state index < -0.39 is 10.0 Å². The van der Waals surface area contributed by atoms with Crippen molar-refractivity contribution in [1.82, 2.24) is 0 Å². The Morgan fingerprint density at radius 2 is 1.54 bits per heavy atom. The van der Waals surface area contributed by atoms with Gasteiger partial charge in [0.2, 0.25) is 0 Å². The molecule has 0 spiro atoms. The Morgan fingerprint density at radius 1 is 0.821 bits per heavy atom. The average Bonchev–Trinajstić information content (AvgIpc) is 2.72. The van der Waals surface area contributed by atoms with Crippen molar-refractivity contribution in [3.05, 3.63) is 83.9 Å². The predicted octanol–water partition coefficient (Wildman–Crippen LogP) is 4.41. The van der Waals surface area contributed by atoms with Crippen molar-refractivity contribution in [3.8, 4) is 11.5 Å². The van der Waals surface area contributed by atoms with Crippen molar-refractivity contribution in [3.63, 3.8) is 0 Å². The number of anilines is 1. The van der Waals surface area contributed by atoms with Crippen molar-refractivity contribution in [1.29, 1.82) is 0 Å². The molecule has 0 fully saturated rings. The summed E-state index contributed by atoms with van der Waals surface area (Å²) in [5, 5.41) is 0. The highest BCUT2D eigenvalue weighted by atomic mass is 32.2. The average molecular weight is 397 g/mol. The van der Waals surface area contributed by atoms with E-state index in [0.717, 1.165) is 11.1 Å². The van der Waals surface area contributed by atoms with Crippen molar-refractivity contribution >= 4 is 15.7 Å². The smallest absolute Gasteiger partial charge is 0.264 e. The molecule has 0 bridgehead atoms. The van der Waals surface area contributed by atoms with E-state index >= 15 is 0 Å². The van der Waals surface area contributed by atoms with Crippen LogP contribution in [0.5, 0.6) is 11.5 Å². The third kappa shape index (κ3) is 4.12. The molecule has 146 valence electrons. The van der Waals surface area contributed by atoms with E-state index in [2.05, 4.69) is 0 Å². The number of hydrogen-bond acceptors (Lipinski definition) is 4. The molecule has 0 aliphatic carbocycles. The van der Waals surface area contributed by atoms with Gasteiger partial charge >= 0.3 is 0 Å². The van der Waals surface area contributed by atoms with Crippen LogP contribution in [0.2, 0.25) is 0 Å². The number of benzene rings is 3. The van der Waals surface area contributed by atoms with Crippen LogP contribution in [0.3, 0.4) is 0 Å². The van der Waals surface area contributed by atoms with Gasteiger partial charge in [0.15, 0.2) is 11.5 Å². The molecule has 0 saturated carbocycles. The van der Waals surface area contributed by atoms with Crippen LogP contribution in [-0.4, -0.2) is 22.6 Å². The van der Waals surface area contributed by atoms with Crippen LogP contribution < -0.4 is 13.8 Å². The van der Waals surface area contributed by atoms with Gasteiger partial charge in [-0.15, -0.1) is 0 Å². The molecule has 0 radical (unpaired) electrons. The maximum atomic E-state index is 13.4. The molecule has 0 N–H and O–H groups in total. The van der Waals surface area contributed by atoms with Crippen LogP contribution in [0, 0.1) is 6.92 Å². The first kappa shape index (κ1) is 19.8. The Kier molecular flexibility index (Phi) is 5.90. The molecule has 3 rings (SSSR count). The van der Waals surface area contributed by atoms with E-state index in [4.69, 9.17) is 9.47 Å². The molecule has 0 aliphatic rings. The number of nitrogens with zero attached hydrogens (tertiary/aromatic N) is 1. The van der Waals surface area contributed by atoms with Crippen LogP contribution in [0.1, 0.15) is 11.1 Å². The predicted molar refractivity (Wildman–Crippen MR) is 111 cm³/mol. The van der Waals surface area contributed by atoms with Crippen LogP contribution >= 0.6 is 0 Å².